The van der Waals surface area contributed by atoms with Gasteiger partial charge in [0, 0.05) is 12.5 Å². The highest BCUT2D eigenvalue weighted by Crippen LogP contribution is 2.61. The van der Waals surface area contributed by atoms with Gasteiger partial charge in [-0.25, -0.2) is 0 Å². The predicted molar refractivity (Wildman–Crippen MR) is 67.0 cm³/mol. The van der Waals surface area contributed by atoms with E-state index in [4.69, 9.17) is 5.84 Å². The Labute approximate surface area is 112 Å². The molecular formula is C14H23F3N2. The van der Waals surface area contributed by atoms with Crippen molar-refractivity contribution in [2.24, 2.45) is 29.0 Å². The molecule has 0 aromatic heterocycles. The van der Waals surface area contributed by atoms with Crippen molar-refractivity contribution in [3.8, 4) is 0 Å². The zero-order valence-electron chi connectivity index (χ0n) is 11.2. The van der Waals surface area contributed by atoms with Crippen LogP contribution < -0.4 is 11.3 Å². The highest BCUT2D eigenvalue weighted by atomic mass is 19.4. The van der Waals surface area contributed by atoms with E-state index in [1.807, 2.05) is 0 Å². The van der Waals surface area contributed by atoms with Gasteiger partial charge in [-0.05, 0) is 68.1 Å². The molecule has 110 valence electrons. The van der Waals surface area contributed by atoms with Gasteiger partial charge < -0.3 is 0 Å². The molecule has 4 fully saturated rings. The van der Waals surface area contributed by atoms with Crippen molar-refractivity contribution < 1.29 is 13.2 Å². The van der Waals surface area contributed by atoms with E-state index < -0.39 is 12.6 Å². The number of hydrazine groups is 1. The summed E-state index contributed by atoms with van der Waals surface area (Å²) < 4.78 is 37.4. The predicted octanol–water partition coefficient (Wildman–Crippen LogP) is 3.38. The minimum atomic E-state index is -4.07. The average Bonchev–Trinajstić information content (AvgIpc) is 2.25. The van der Waals surface area contributed by atoms with E-state index in [2.05, 4.69) is 5.43 Å². The summed E-state index contributed by atoms with van der Waals surface area (Å²) in [6.45, 7) is 0. The van der Waals surface area contributed by atoms with Crippen molar-refractivity contribution in [2.75, 3.05) is 0 Å². The highest BCUT2D eigenvalue weighted by molar-refractivity contribution is 5.05. The number of rotatable bonds is 4. The van der Waals surface area contributed by atoms with Crippen molar-refractivity contribution in [1.82, 2.24) is 5.43 Å². The molecule has 4 bridgehead atoms. The van der Waals surface area contributed by atoms with Crippen molar-refractivity contribution in [1.29, 1.82) is 0 Å². The van der Waals surface area contributed by atoms with Crippen LogP contribution >= 0.6 is 0 Å². The molecule has 4 aliphatic carbocycles. The summed E-state index contributed by atoms with van der Waals surface area (Å²) in [6, 6.07) is -0.164. The Kier molecular flexibility index (Phi) is 3.33. The molecule has 0 aromatic rings. The van der Waals surface area contributed by atoms with Crippen LogP contribution in [-0.2, 0) is 0 Å². The second-order valence-electron chi connectivity index (χ2n) is 7.15. The normalized spacial score (nSPS) is 42.6. The van der Waals surface area contributed by atoms with Gasteiger partial charge in [0.25, 0.3) is 0 Å². The fourth-order valence-corrected chi connectivity index (χ4v) is 5.48. The molecule has 5 heteroatoms. The van der Waals surface area contributed by atoms with Gasteiger partial charge >= 0.3 is 6.18 Å². The molecule has 4 saturated carbocycles. The molecular weight excluding hydrogens is 253 g/mol. The number of alkyl halides is 3. The summed E-state index contributed by atoms with van der Waals surface area (Å²) in [4.78, 5) is 0. The molecule has 0 aliphatic heterocycles. The Morgan fingerprint density at radius 1 is 1.05 bits per heavy atom. The van der Waals surface area contributed by atoms with Crippen LogP contribution in [0.5, 0.6) is 0 Å². The van der Waals surface area contributed by atoms with E-state index in [0.717, 1.165) is 37.0 Å². The quantitative estimate of drug-likeness (QED) is 0.610. The number of halogens is 3. The van der Waals surface area contributed by atoms with Crippen LogP contribution in [0.3, 0.4) is 0 Å². The second-order valence-corrected chi connectivity index (χ2v) is 7.15. The maximum atomic E-state index is 12.5. The summed E-state index contributed by atoms with van der Waals surface area (Å²) in [5.74, 6) is 7.84. The van der Waals surface area contributed by atoms with Gasteiger partial charge in [-0.2, -0.15) is 13.2 Å². The lowest BCUT2D eigenvalue weighted by Gasteiger charge is -2.59. The fraction of sp³-hybridized carbons (Fsp3) is 1.00. The first kappa shape index (κ1) is 13.7. The van der Waals surface area contributed by atoms with Crippen molar-refractivity contribution in [3.63, 3.8) is 0 Å². The van der Waals surface area contributed by atoms with Crippen molar-refractivity contribution >= 4 is 0 Å². The smallest absolute Gasteiger partial charge is 0.271 e. The Balaban J connectivity index is 1.71. The number of nitrogens with two attached hydrogens (primary N) is 1. The van der Waals surface area contributed by atoms with E-state index in [-0.39, 0.29) is 17.9 Å². The molecule has 0 saturated heterocycles. The topological polar surface area (TPSA) is 38.0 Å². The Morgan fingerprint density at radius 2 is 1.53 bits per heavy atom. The molecule has 0 aromatic carbocycles. The minimum absolute atomic E-state index is 0.0503. The van der Waals surface area contributed by atoms with Crippen LogP contribution in [0.25, 0.3) is 0 Å². The summed E-state index contributed by atoms with van der Waals surface area (Å²) in [7, 11) is 0. The van der Waals surface area contributed by atoms with Crippen molar-refractivity contribution in [2.45, 2.75) is 63.6 Å². The van der Waals surface area contributed by atoms with Crippen LogP contribution in [0, 0.1) is 23.2 Å². The third-order valence-electron chi connectivity index (χ3n) is 5.74. The maximum Gasteiger partial charge on any atom is 0.389 e. The number of nitrogens with one attached hydrogen (secondary N) is 1. The zero-order valence-corrected chi connectivity index (χ0v) is 11.2. The third-order valence-corrected chi connectivity index (χ3v) is 5.74. The van der Waals surface area contributed by atoms with Gasteiger partial charge in [-0.3, -0.25) is 11.3 Å². The van der Waals surface area contributed by atoms with Gasteiger partial charge in [0.15, 0.2) is 0 Å². The van der Waals surface area contributed by atoms with Crippen LogP contribution in [0.15, 0.2) is 0 Å². The van der Waals surface area contributed by atoms with Gasteiger partial charge in [0.1, 0.15) is 0 Å². The standard InChI is InChI=1S/C14H23F3N2/c15-14(16,17)2-1-12(19-18)13-6-9-3-10(7-13)5-11(4-9)8-13/h9-12,19H,1-8,18H2. The maximum absolute atomic E-state index is 12.5. The first-order valence-electron chi connectivity index (χ1n) is 7.43. The summed E-state index contributed by atoms with van der Waals surface area (Å²) in [5, 5.41) is 0. The zero-order chi connectivity index (χ0) is 13.7. The molecule has 19 heavy (non-hydrogen) atoms. The summed E-state index contributed by atoms with van der Waals surface area (Å²) in [5.41, 5.74) is 2.78. The van der Waals surface area contributed by atoms with Gasteiger partial charge in [-0.1, -0.05) is 0 Å². The monoisotopic (exact) mass is 276 g/mol. The average molecular weight is 276 g/mol. The fourth-order valence-electron chi connectivity index (χ4n) is 5.48. The van der Waals surface area contributed by atoms with Gasteiger partial charge in [-0.15, -0.1) is 0 Å². The van der Waals surface area contributed by atoms with E-state index in [0.29, 0.717) is 0 Å². The Bertz CT molecular complexity index is 305. The van der Waals surface area contributed by atoms with E-state index in [1.165, 1.54) is 19.3 Å². The molecule has 0 spiro atoms. The van der Waals surface area contributed by atoms with Gasteiger partial charge in [0.05, 0.1) is 0 Å². The molecule has 0 radical (unpaired) electrons. The lowest BCUT2D eigenvalue weighted by molar-refractivity contribution is -0.143. The van der Waals surface area contributed by atoms with E-state index in [1.54, 1.807) is 0 Å². The third kappa shape index (κ3) is 2.64. The molecule has 0 heterocycles. The van der Waals surface area contributed by atoms with Crippen LogP contribution in [0.2, 0.25) is 0 Å². The molecule has 4 rings (SSSR count). The molecule has 1 unspecified atom stereocenters. The second kappa shape index (κ2) is 4.62. The van der Waals surface area contributed by atoms with Crippen molar-refractivity contribution in [3.05, 3.63) is 0 Å². The number of hydrogen-bond acceptors (Lipinski definition) is 2. The van der Waals surface area contributed by atoms with Crippen LogP contribution in [0.1, 0.15) is 51.4 Å². The number of hydrogen-bond donors (Lipinski definition) is 2. The molecule has 2 nitrogen and oxygen atoms in total. The molecule has 4 aliphatic rings. The molecule has 1 atom stereocenters. The first-order valence-corrected chi connectivity index (χ1v) is 7.43. The van der Waals surface area contributed by atoms with Crippen LogP contribution in [-0.4, -0.2) is 12.2 Å². The van der Waals surface area contributed by atoms with E-state index in [9.17, 15) is 13.2 Å². The summed E-state index contributed by atoms with van der Waals surface area (Å²) >= 11 is 0. The van der Waals surface area contributed by atoms with E-state index >= 15 is 0 Å². The first-order chi connectivity index (χ1) is 8.90. The molecule has 3 N–H and O–H groups in total. The largest absolute Gasteiger partial charge is 0.389 e. The van der Waals surface area contributed by atoms with Gasteiger partial charge in [0.2, 0.25) is 0 Å². The molecule has 0 amide bonds. The Hall–Kier alpha value is -0.290. The SMILES string of the molecule is NNC(CCC(F)(F)F)C12CC3CC(CC(C3)C1)C2. The minimum Gasteiger partial charge on any atom is -0.271 e. The lowest BCUT2D eigenvalue weighted by atomic mass is 9.47. The Morgan fingerprint density at radius 3 is 1.89 bits per heavy atom. The van der Waals surface area contributed by atoms with Crippen LogP contribution in [0.4, 0.5) is 13.2 Å². The summed E-state index contributed by atoms with van der Waals surface area (Å²) in [6.07, 6.45) is 2.51. The highest BCUT2D eigenvalue weighted by Gasteiger charge is 2.54. The lowest BCUT2D eigenvalue weighted by Crippen LogP contribution is -2.57.